The van der Waals surface area contributed by atoms with Crippen LogP contribution in [0, 0.1) is 0 Å². The van der Waals surface area contributed by atoms with Gasteiger partial charge in [0.2, 0.25) is 0 Å². The van der Waals surface area contributed by atoms with Crippen molar-refractivity contribution < 1.29 is 14.7 Å². The molecule has 2 rings (SSSR count). The maximum Gasteiger partial charge on any atom is 0.337 e. The van der Waals surface area contributed by atoms with Crippen LogP contribution in [0.1, 0.15) is 15.2 Å². The summed E-state index contributed by atoms with van der Waals surface area (Å²) in [5, 5.41) is 16.3. The number of carboxylic acid groups (broad SMARTS) is 1. The SMILES string of the molecule is O=C(NCc1sccc1Br)Nc1ccc(Cl)c(C(=O)O)c1. The fraction of sp³-hybridized carbons (Fsp3) is 0.0769. The highest BCUT2D eigenvalue weighted by Crippen LogP contribution is 2.22. The van der Waals surface area contributed by atoms with Crippen molar-refractivity contribution in [2.24, 2.45) is 0 Å². The van der Waals surface area contributed by atoms with Crippen LogP contribution in [0.2, 0.25) is 5.02 Å². The molecule has 1 heterocycles. The maximum atomic E-state index is 11.8. The van der Waals surface area contributed by atoms with Crippen LogP contribution in [0.15, 0.2) is 34.1 Å². The number of urea groups is 1. The molecule has 5 nitrogen and oxygen atoms in total. The summed E-state index contributed by atoms with van der Waals surface area (Å²) in [6.07, 6.45) is 0. The Hall–Kier alpha value is -1.57. The minimum atomic E-state index is -1.15. The highest BCUT2D eigenvalue weighted by Gasteiger charge is 2.11. The zero-order valence-electron chi connectivity index (χ0n) is 10.5. The number of carbonyl (C=O) groups excluding carboxylic acids is 1. The Morgan fingerprint density at radius 2 is 2.10 bits per heavy atom. The van der Waals surface area contributed by atoms with Gasteiger partial charge in [-0.3, -0.25) is 0 Å². The molecule has 1 aromatic heterocycles. The van der Waals surface area contributed by atoms with Crippen molar-refractivity contribution in [1.82, 2.24) is 5.32 Å². The molecule has 21 heavy (non-hydrogen) atoms. The predicted octanol–water partition coefficient (Wildman–Crippen LogP) is 4.18. The van der Waals surface area contributed by atoms with Crippen LogP contribution in [-0.2, 0) is 6.54 Å². The number of carboxylic acids is 1. The molecule has 0 spiro atoms. The topological polar surface area (TPSA) is 78.4 Å². The molecule has 0 saturated carbocycles. The van der Waals surface area contributed by atoms with Gasteiger partial charge in [-0.05, 0) is 45.6 Å². The third-order valence-corrected chi connectivity index (χ3v) is 4.81. The molecule has 2 aromatic rings. The van der Waals surface area contributed by atoms with E-state index < -0.39 is 12.0 Å². The van der Waals surface area contributed by atoms with E-state index in [0.29, 0.717) is 12.2 Å². The number of anilines is 1. The van der Waals surface area contributed by atoms with Crippen LogP contribution < -0.4 is 10.6 Å². The highest BCUT2D eigenvalue weighted by atomic mass is 79.9. The quantitative estimate of drug-likeness (QED) is 0.734. The summed E-state index contributed by atoms with van der Waals surface area (Å²) in [5.41, 5.74) is 0.301. The van der Waals surface area contributed by atoms with Gasteiger partial charge in [0, 0.05) is 15.0 Å². The largest absolute Gasteiger partial charge is 0.478 e. The van der Waals surface area contributed by atoms with E-state index in [1.807, 2.05) is 11.4 Å². The Morgan fingerprint density at radius 1 is 1.33 bits per heavy atom. The average Bonchev–Trinajstić information content (AvgIpc) is 2.84. The molecular weight excluding hydrogens is 380 g/mol. The molecule has 2 amide bonds. The Balaban J connectivity index is 1.98. The number of hydrogen-bond acceptors (Lipinski definition) is 3. The summed E-state index contributed by atoms with van der Waals surface area (Å²) in [4.78, 5) is 23.7. The molecule has 8 heteroatoms. The summed E-state index contributed by atoms with van der Waals surface area (Å²) in [5.74, 6) is -1.15. The van der Waals surface area contributed by atoms with Gasteiger partial charge in [0.1, 0.15) is 0 Å². The third-order valence-electron chi connectivity index (χ3n) is 2.56. The van der Waals surface area contributed by atoms with Gasteiger partial charge in [-0.2, -0.15) is 0 Å². The van der Waals surface area contributed by atoms with Gasteiger partial charge in [0.05, 0.1) is 17.1 Å². The number of thiophene rings is 1. The number of nitrogens with one attached hydrogen (secondary N) is 2. The minimum Gasteiger partial charge on any atom is -0.478 e. The molecule has 0 atom stereocenters. The number of aromatic carboxylic acids is 1. The van der Waals surface area contributed by atoms with E-state index in [2.05, 4.69) is 26.6 Å². The van der Waals surface area contributed by atoms with Crippen molar-refractivity contribution in [1.29, 1.82) is 0 Å². The maximum absolute atomic E-state index is 11.8. The molecule has 0 aliphatic carbocycles. The number of amides is 2. The van der Waals surface area contributed by atoms with Crippen molar-refractivity contribution in [3.8, 4) is 0 Å². The second-order valence-corrected chi connectivity index (χ2v) is 6.26. The van der Waals surface area contributed by atoms with Gasteiger partial charge in [-0.1, -0.05) is 11.6 Å². The number of benzene rings is 1. The first-order chi connectivity index (χ1) is 9.97. The van der Waals surface area contributed by atoms with E-state index in [-0.39, 0.29) is 10.6 Å². The summed E-state index contributed by atoms with van der Waals surface area (Å²) in [7, 11) is 0. The number of rotatable bonds is 4. The smallest absolute Gasteiger partial charge is 0.337 e. The molecule has 0 saturated heterocycles. The zero-order chi connectivity index (χ0) is 15.4. The van der Waals surface area contributed by atoms with Crippen molar-refractivity contribution in [2.75, 3.05) is 5.32 Å². The normalized spacial score (nSPS) is 10.2. The van der Waals surface area contributed by atoms with Crippen molar-refractivity contribution in [3.05, 3.63) is 49.6 Å². The van der Waals surface area contributed by atoms with Crippen LogP contribution in [0.25, 0.3) is 0 Å². The lowest BCUT2D eigenvalue weighted by atomic mass is 10.2. The molecule has 0 aliphatic rings. The second-order valence-electron chi connectivity index (χ2n) is 4.00. The third kappa shape index (κ3) is 4.20. The monoisotopic (exact) mass is 388 g/mol. The Bertz CT molecular complexity index is 690. The molecule has 0 unspecified atom stereocenters. The molecule has 0 aliphatic heterocycles. The highest BCUT2D eigenvalue weighted by molar-refractivity contribution is 9.10. The fourth-order valence-electron chi connectivity index (χ4n) is 1.55. The van der Waals surface area contributed by atoms with Crippen LogP contribution >= 0.6 is 38.9 Å². The number of halogens is 2. The van der Waals surface area contributed by atoms with E-state index in [1.54, 1.807) is 0 Å². The van der Waals surface area contributed by atoms with Gasteiger partial charge in [0.15, 0.2) is 0 Å². The van der Waals surface area contributed by atoms with Crippen molar-refractivity contribution >= 4 is 56.6 Å². The van der Waals surface area contributed by atoms with Crippen molar-refractivity contribution in [2.45, 2.75) is 6.54 Å². The molecule has 110 valence electrons. The van der Waals surface area contributed by atoms with Crippen LogP contribution in [0.4, 0.5) is 10.5 Å². The van der Waals surface area contributed by atoms with Gasteiger partial charge in [-0.25, -0.2) is 9.59 Å². The van der Waals surface area contributed by atoms with Gasteiger partial charge >= 0.3 is 12.0 Å². The van der Waals surface area contributed by atoms with E-state index in [1.165, 1.54) is 29.5 Å². The van der Waals surface area contributed by atoms with Crippen LogP contribution in [0.5, 0.6) is 0 Å². The lowest BCUT2D eigenvalue weighted by molar-refractivity contribution is 0.0697. The Kier molecular flexibility index (Phi) is 5.22. The summed E-state index contributed by atoms with van der Waals surface area (Å²) in [6.45, 7) is 0.378. The zero-order valence-corrected chi connectivity index (χ0v) is 13.7. The Labute approximate surface area is 138 Å². The average molecular weight is 390 g/mol. The van der Waals surface area contributed by atoms with Gasteiger partial charge in [-0.15, -0.1) is 11.3 Å². The lowest BCUT2D eigenvalue weighted by Crippen LogP contribution is -2.28. The van der Waals surface area contributed by atoms with E-state index in [0.717, 1.165) is 9.35 Å². The first kappa shape index (κ1) is 15.8. The number of carbonyl (C=O) groups is 2. The minimum absolute atomic E-state index is 0.0598. The first-order valence-electron chi connectivity index (χ1n) is 5.77. The lowest BCUT2D eigenvalue weighted by Gasteiger charge is -2.08. The van der Waals surface area contributed by atoms with Crippen LogP contribution in [0.3, 0.4) is 0 Å². The number of hydrogen-bond donors (Lipinski definition) is 3. The Morgan fingerprint density at radius 3 is 2.71 bits per heavy atom. The molecular formula is C13H10BrClN2O3S. The fourth-order valence-corrected chi connectivity index (χ4v) is 3.18. The molecule has 3 N–H and O–H groups in total. The van der Waals surface area contributed by atoms with E-state index in [9.17, 15) is 9.59 Å². The van der Waals surface area contributed by atoms with Gasteiger partial charge in [0.25, 0.3) is 0 Å². The summed E-state index contributed by atoms with van der Waals surface area (Å²) >= 11 is 10.7. The molecule has 0 bridgehead atoms. The summed E-state index contributed by atoms with van der Waals surface area (Å²) in [6, 6.07) is 5.75. The second kappa shape index (κ2) is 6.93. The van der Waals surface area contributed by atoms with E-state index >= 15 is 0 Å². The predicted molar refractivity (Wildman–Crippen MR) is 86.3 cm³/mol. The summed E-state index contributed by atoms with van der Waals surface area (Å²) < 4.78 is 0.937. The standard InChI is InChI=1S/C13H10BrClN2O3S/c14-9-3-4-21-11(9)6-16-13(20)17-7-1-2-10(15)8(5-7)12(18)19/h1-5H,6H2,(H,18,19)(H2,16,17,20). The molecule has 0 radical (unpaired) electrons. The van der Waals surface area contributed by atoms with E-state index in [4.69, 9.17) is 16.7 Å². The van der Waals surface area contributed by atoms with Gasteiger partial charge < -0.3 is 15.7 Å². The first-order valence-corrected chi connectivity index (χ1v) is 7.82. The molecule has 1 aromatic carbocycles. The van der Waals surface area contributed by atoms with Crippen LogP contribution in [-0.4, -0.2) is 17.1 Å². The van der Waals surface area contributed by atoms with Crippen molar-refractivity contribution in [3.63, 3.8) is 0 Å². The molecule has 0 fully saturated rings.